The number of hydrogen-bond acceptors (Lipinski definition) is 4. The maximum absolute atomic E-state index is 14.1. The van der Waals surface area contributed by atoms with Crippen LogP contribution in [0.15, 0.2) is 18.6 Å². The van der Waals surface area contributed by atoms with Gasteiger partial charge in [-0.1, -0.05) is 34.2 Å². The summed E-state index contributed by atoms with van der Waals surface area (Å²) in [6, 6.07) is 1.71. The van der Waals surface area contributed by atoms with Crippen LogP contribution in [0.4, 0.5) is 4.39 Å². The Kier molecular flexibility index (Phi) is 3.63. The fourth-order valence-corrected chi connectivity index (χ4v) is 3.12. The third-order valence-electron chi connectivity index (χ3n) is 3.18. The molecule has 1 N–H and O–H groups in total. The van der Waals surface area contributed by atoms with Gasteiger partial charge >= 0.3 is 0 Å². The molecule has 0 spiro atoms. The van der Waals surface area contributed by atoms with Crippen molar-refractivity contribution in [3.05, 3.63) is 23.7 Å². The lowest BCUT2D eigenvalue weighted by atomic mass is 10.2. The highest BCUT2D eigenvalue weighted by Gasteiger charge is 2.44. The number of aliphatic hydroxyl groups excluding tert-OH is 1. The van der Waals surface area contributed by atoms with Crippen LogP contribution in [0.3, 0.4) is 0 Å². The number of halogens is 3. The summed E-state index contributed by atoms with van der Waals surface area (Å²) in [6.07, 6.45) is -1.07. The van der Waals surface area contributed by atoms with Gasteiger partial charge in [0.05, 0.1) is 11.5 Å². The van der Waals surface area contributed by atoms with Crippen molar-refractivity contribution in [1.29, 1.82) is 0 Å². The molecule has 4 atom stereocenters. The average Bonchev–Trinajstić information content (AvgIpc) is 2.94. The molecule has 3 heterocycles. The van der Waals surface area contributed by atoms with Gasteiger partial charge in [-0.05, 0) is 6.07 Å². The second-order valence-electron chi connectivity index (χ2n) is 4.28. The second kappa shape index (κ2) is 5.12. The van der Waals surface area contributed by atoms with Gasteiger partial charge < -0.3 is 14.4 Å². The molecule has 1 fully saturated rings. The van der Waals surface area contributed by atoms with E-state index >= 15 is 0 Å². The molecule has 5 nitrogen and oxygen atoms in total. The lowest BCUT2D eigenvalue weighted by Gasteiger charge is -2.15. The summed E-state index contributed by atoms with van der Waals surface area (Å²) in [7, 11) is 0. The highest BCUT2D eigenvalue weighted by molar-refractivity contribution is 14.1. The summed E-state index contributed by atoms with van der Waals surface area (Å²) < 4.78 is 21.8. The van der Waals surface area contributed by atoms with Crippen LogP contribution >= 0.6 is 34.2 Å². The van der Waals surface area contributed by atoms with Crippen LogP contribution in [0.1, 0.15) is 6.23 Å². The Hall–Kier alpha value is -0.510. The van der Waals surface area contributed by atoms with Crippen molar-refractivity contribution in [1.82, 2.24) is 14.5 Å². The number of aromatic nitrogens is 3. The maximum atomic E-state index is 14.1. The molecule has 0 amide bonds. The number of hydrogen-bond donors (Lipinski definition) is 1. The normalized spacial score (nSPS) is 31.2. The molecule has 8 heteroatoms. The van der Waals surface area contributed by atoms with Gasteiger partial charge in [-0.3, -0.25) is 0 Å². The van der Waals surface area contributed by atoms with Crippen LogP contribution in [0.5, 0.6) is 0 Å². The fourth-order valence-electron chi connectivity index (χ4n) is 2.20. The minimum Gasteiger partial charge on any atom is -0.387 e. The lowest BCUT2D eigenvalue weighted by molar-refractivity contribution is -0.0101. The first-order valence-electron chi connectivity index (χ1n) is 5.64. The summed E-state index contributed by atoms with van der Waals surface area (Å²) in [6.45, 7) is 0. The summed E-state index contributed by atoms with van der Waals surface area (Å²) >= 11 is 8.01. The van der Waals surface area contributed by atoms with Gasteiger partial charge in [0.2, 0.25) is 0 Å². The predicted octanol–water partition coefficient (Wildman–Crippen LogP) is 2.12. The molecule has 1 aliphatic heterocycles. The Bertz CT molecular complexity index is 611. The van der Waals surface area contributed by atoms with E-state index in [2.05, 4.69) is 32.6 Å². The number of rotatable bonds is 2. The van der Waals surface area contributed by atoms with Gasteiger partial charge in [-0.15, -0.1) is 0 Å². The van der Waals surface area contributed by atoms with E-state index in [1.54, 1.807) is 16.8 Å². The van der Waals surface area contributed by atoms with Crippen molar-refractivity contribution >= 4 is 45.2 Å². The van der Waals surface area contributed by atoms with E-state index in [4.69, 9.17) is 16.3 Å². The molecule has 2 aromatic heterocycles. The smallest absolute Gasteiger partial charge is 0.173 e. The van der Waals surface area contributed by atoms with E-state index < -0.39 is 24.6 Å². The third-order valence-corrected chi connectivity index (χ3v) is 4.35. The van der Waals surface area contributed by atoms with Gasteiger partial charge in [-0.2, -0.15) is 0 Å². The minimum absolute atomic E-state index is 0.308. The second-order valence-corrected chi connectivity index (χ2v) is 5.52. The van der Waals surface area contributed by atoms with Gasteiger partial charge in [0.15, 0.2) is 12.4 Å². The van der Waals surface area contributed by atoms with E-state index in [0.717, 1.165) is 0 Å². The van der Waals surface area contributed by atoms with Crippen LogP contribution in [0, 0.1) is 0 Å². The first-order valence-corrected chi connectivity index (χ1v) is 7.54. The van der Waals surface area contributed by atoms with E-state index in [-0.39, 0.29) is 0 Å². The Morgan fingerprint density at radius 1 is 1.53 bits per heavy atom. The lowest BCUT2D eigenvalue weighted by Crippen LogP contribution is -2.29. The molecule has 3 rings (SSSR count). The number of ether oxygens (including phenoxy) is 1. The minimum atomic E-state index is -1.50. The van der Waals surface area contributed by atoms with Crippen LogP contribution < -0.4 is 0 Å². The van der Waals surface area contributed by atoms with Crippen molar-refractivity contribution in [2.24, 2.45) is 0 Å². The molecule has 0 unspecified atom stereocenters. The van der Waals surface area contributed by atoms with Crippen LogP contribution in [-0.2, 0) is 4.74 Å². The van der Waals surface area contributed by atoms with Crippen LogP contribution in [0.2, 0.25) is 5.15 Å². The van der Waals surface area contributed by atoms with Crippen LogP contribution in [0.25, 0.3) is 11.0 Å². The van der Waals surface area contributed by atoms with E-state index in [9.17, 15) is 9.50 Å². The summed E-state index contributed by atoms with van der Waals surface area (Å²) in [5.74, 6) is 0. The number of nitrogens with zero attached hydrogens (tertiary/aromatic N) is 3. The number of fused-ring (bicyclic) bond motifs is 1. The highest BCUT2D eigenvalue weighted by atomic mass is 127. The monoisotopic (exact) mass is 397 g/mol. The molecule has 102 valence electrons. The first-order chi connectivity index (χ1) is 9.13. The van der Waals surface area contributed by atoms with Crippen molar-refractivity contribution in [3.63, 3.8) is 0 Å². The largest absolute Gasteiger partial charge is 0.387 e. The van der Waals surface area contributed by atoms with Crippen molar-refractivity contribution < 1.29 is 14.2 Å². The number of alkyl halides is 2. The topological polar surface area (TPSA) is 60.2 Å². The Labute approximate surface area is 126 Å². The molecule has 0 aliphatic carbocycles. The van der Waals surface area contributed by atoms with Gasteiger partial charge in [-0.25, -0.2) is 14.4 Å². The zero-order chi connectivity index (χ0) is 13.6. The number of aliphatic hydroxyl groups is 1. The Morgan fingerprint density at radius 3 is 3.00 bits per heavy atom. The zero-order valence-electron chi connectivity index (χ0n) is 9.58. The summed E-state index contributed by atoms with van der Waals surface area (Å²) in [4.78, 5) is 7.96. The van der Waals surface area contributed by atoms with E-state index in [1.165, 1.54) is 6.33 Å². The molecule has 19 heavy (non-hydrogen) atoms. The van der Waals surface area contributed by atoms with Gasteiger partial charge in [0.1, 0.15) is 23.2 Å². The molecule has 1 aliphatic rings. The van der Waals surface area contributed by atoms with E-state index in [1.807, 2.05) is 0 Å². The standard InChI is InChI=1S/C11H10ClFIN3O2/c12-9-5-1-2-17(10(5)16-4-15-9)11-7(13)8(18)6(3-14)19-11/h1-2,4,6-8,11,18H,3H2/t6-,7+,8-,11-/m1/s1. The Balaban J connectivity index is 2.04. The van der Waals surface area contributed by atoms with Crippen molar-refractivity contribution in [3.8, 4) is 0 Å². The third kappa shape index (κ3) is 2.12. The maximum Gasteiger partial charge on any atom is 0.173 e. The SMILES string of the molecule is O[C@H]1[C@H](F)[C@H](n2ccc3c(Cl)ncnc32)O[C@@H]1CI. The Morgan fingerprint density at radius 2 is 2.32 bits per heavy atom. The highest BCUT2D eigenvalue weighted by Crippen LogP contribution is 2.35. The summed E-state index contributed by atoms with van der Waals surface area (Å²) in [5, 5.41) is 10.7. The first kappa shape index (κ1) is 13.5. The molecule has 0 bridgehead atoms. The van der Waals surface area contributed by atoms with Crippen LogP contribution in [-0.4, -0.2) is 42.4 Å². The van der Waals surface area contributed by atoms with Gasteiger partial charge in [0.25, 0.3) is 0 Å². The molecular formula is C11H10ClFIN3O2. The molecular weight excluding hydrogens is 387 g/mol. The zero-order valence-corrected chi connectivity index (χ0v) is 12.5. The predicted molar refractivity (Wildman–Crippen MR) is 76.2 cm³/mol. The molecule has 1 saturated heterocycles. The van der Waals surface area contributed by atoms with Crippen molar-refractivity contribution in [2.45, 2.75) is 24.6 Å². The molecule has 0 aromatic carbocycles. The van der Waals surface area contributed by atoms with E-state index in [0.29, 0.717) is 20.6 Å². The van der Waals surface area contributed by atoms with Crippen molar-refractivity contribution in [2.75, 3.05) is 4.43 Å². The molecule has 0 saturated carbocycles. The fraction of sp³-hybridized carbons (Fsp3) is 0.455. The average molecular weight is 398 g/mol. The molecule has 2 aromatic rings. The quantitative estimate of drug-likeness (QED) is 0.479. The summed E-state index contributed by atoms with van der Waals surface area (Å²) in [5.41, 5.74) is 0.494. The van der Waals surface area contributed by atoms with Gasteiger partial charge in [0, 0.05) is 10.6 Å². The molecule has 0 radical (unpaired) electrons.